The number of anilines is 1. The molecule has 0 spiro atoms. The highest BCUT2D eigenvalue weighted by Gasteiger charge is 2.46. The minimum absolute atomic E-state index is 0.00914. The molecule has 3 aliphatic rings. The topological polar surface area (TPSA) is 73.0 Å². The molecular formula is C27H27FN4O3. The van der Waals surface area contributed by atoms with Crippen molar-refractivity contribution in [2.24, 2.45) is 10.9 Å². The average Bonchev–Trinajstić information content (AvgIpc) is 3.54. The van der Waals surface area contributed by atoms with Gasteiger partial charge in [-0.25, -0.2) is 9.38 Å². The molecule has 3 aliphatic heterocycles. The van der Waals surface area contributed by atoms with Crippen molar-refractivity contribution >= 4 is 17.5 Å². The van der Waals surface area contributed by atoms with Gasteiger partial charge in [0.2, 0.25) is 5.88 Å². The Morgan fingerprint density at radius 1 is 1.14 bits per heavy atom. The van der Waals surface area contributed by atoms with Crippen molar-refractivity contribution in [2.45, 2.75) is 38.8 Å². The van der Waals surface area contributed by atoms with Gasteiger partial charge in [0.05, 0.1) is 41.8 Å². The predicted octanol–water partition coefficient (Wildman–Crippen LogP) is 5.25. The Hall–Kier alpha value is -3.52. The van der Waals surface area contributed by atoms with Gasteiger partial charge in [-0.05, 0) is 56.4 Å². The second-order valence-corrected chi connectivity index (χ2v) is 9.29. The quantitative estimate of drug-likeness (QED) is 0.503. The van der Waals surface area contributed by atoms with Gasteiger partial charge in [0.15, 0.2) is 0 Å². The summed E-state index contributed by atoms with van der Waals surface area (Å²) in [6.45, 7) is 5.28. The van der Waals surface area contributed by atoms with Gasteiger partial charge in [-0.3, -0.25) is 4.98 Å². The Kier molecular flexibility index (Phi) is 5.40. The average molecular weight is 475 g/mol. The number of ether oxygens (including phenoxy) is 2. The van der Waals surface area contributed by atoms with Crippen LogP contribution >= 0.6 is 0 Å². The molecule has 1 aromatic carbocycles. The van der Waals surface area contributed by atoms with Gasteiger partial charge in [-0.15, -0.1) is 0 Å². The van der Waals surface area contributed by atoms with Gasteiger partial charge in [0.1, 0.15) is 11.6 Å². The number of rotatable bonds is 5. The number of halogens is 1. The maximum absolute atomic E-state index is 13.9. The number of methoxy groups -OCH3 is 1. The van der Waals surface area contributed by atoms with Crippen molar-refractivity contribution in [2.75, 3.05) is 25.2 Å². The summed E-state index contributed by atoms with van der Waals surface area (Å²) >= 11 is 0. The van der Waals surface area contributed by atoms with Crippen molar-refractivity contribution in [1.82, 2.24) is 10.1 Å². The van der Waals surface area contributed by atoms with Crippen LogP contribution in [-0.4, -0.2) is 42.7 Å². The van der Waals surface area contributed by atoms with Crippen molar-refractivity contribution in [3.05, 3.63) is 70.9 Å². The van der Waals surface area contributed by atoms with E-state index >= 15 is 0 Å². The summed E-state index contributed by atoms with van der Waals surface area (Å²) in [4.78, 5) is 11.9. The van der Waals surface area contributed by atoms with Gasteiger partial charge in [0, 0.05) is 36.8 Å². The zero-order valence-electron chi connectivity index (χ0n) is 20.0. The molecule has 0 radical (unpaired) electrons. The third kappa shape index (κ3) is 3.55. The minimum Gasteiger partial charge on any atom is -0.481 e. The second kappa shape index (κ2) is 8.61. The third-order valence-electron chi connectivity index (χ3n) is 7.30. The van der Waals surface area contributed by atoms with Crippen LogP contribution < -0.4 is 4.90 Å². The summed E-state index contributed by atoms with van der Waals surface area (Å²) < 4.78 is 30.7. The van der Waals surface area contributed by atoms with E-state index in [1.54, 1.807) is 7.11 Å². The first-order valence-electron chi connectivity index (χ1n) is 11.9. The largest absolute Gasteiger partial charge is 0.481 e. The molecule has 8 heteroatoms. The first kappa shape index (κ1) is 22.0. The lowest BCUT2D eigenvalue weighted by atomic mass is 9.85. The standard InChI is InChI=1S/C27H27FN4O3/c1-15-23(16(2)35-31-15)19-12-21-25(29-13-19)24-22(14-30-27(24)33-3)32(21)26(18-8-10-34-11-9-18)17-4-6-20(28)7-5-17/h4-7,12-14,18,22,26H,8-11H2,1-3H3/t22?,26-/m1/s1. The summed E-state index contributed by atoms with van der Waals surface area (Å²) in [5, 5.41) is 4.14. The highest BCUT2D eigenvalue weighted by atomic mass is 19.1. The second-order valence-electron chi connectivity index (χ2n) is 9.29. The molecule has 0 N–H and O–H groups in total. The van der Waals surface area contributed by atoms with Gasteiger partial charge >= 0.3 is 0 Å². The van der Waals surface area contributed by atoms with E-state index in [2.05, 4.69) is 21.1 Å². The van der Waals surface area contributed by atoms with E-state index in [0.29, 0.717) is 25.0 Å². The van der Waals surface area contributed by atoms with Gasteiger partial charge < -0.3 is 18.9 Å². The predicted molar refractivity (Wildman–Crippen MR) is 131 cm³/mol. The first-order valence-corrected chi connectivity index (χ1v) is 11.9. The number of nitrogens with zero attached hydrogens (tertiary/aromatic N) is 4. The highest BCUT2D eigenvalue weighted by molar-refractivity contribution is 6.03. The molecule has 2 atom stereocenters. The molecule has 2 aromatic heterocycles. The van der Waals surface area contributed by atoms with Gasteiger partial charge in [-0.2, -0.15) is 0 Å². The van der Waals surface area contributed by atoms with E-state index in [9.17, 15) is 4.39 Å². The molecule has 0 saturated carbocycles. The molecule has 7 nitrogen and oxygen atoms in total. The van der Waals surface area contributed by atoms with Crippen LogP contribution in [0.3, 0.4) is 0 Å². The maximum atomic E-state index is 13.9. The molecule has 1 fully saturated rings. The normalized spacial score (nSPS) is 20.3. The lowest BCUT2D eigenvalue weighted by Crippen LogP contribution is -2.41. The molecule has 3 aromatic rings. The Morgan fingerprint density at radius 3 is 2.60 bits per heavy atom. The SMILES string of the molecule is COC1=C2c3ncc(-c4c(C)noc4C)cc3N([C@H](c3ccc(F)cc3)C3CCOCC3)C2C=N1. The summed E-state index contributed by atoms with van der Waals surface area (Å²) in [6.07, 6.45) is 5.64. The highest BCUT2D eigenvalue weighted by Crippen LogP contribution is 2.51. The van der Waals surface area contributed by atoms with Crippen LogP contribution in [0.25, 0.3) is 16.7 Å². The molecule has 0 bridgehead atoms. The van der Waals surface area contributed by atoms with Crippen LogP contribution in [0.1, 0.15) is 41.6 Å². The molecule has 0 amide bonds. The number of aromatic nitrogens is 2. The number of hydrogen-bond acceptors (Lipinski definition) is 7. The molecule has 1 saturated heterocycles. The van der Waals surface area contributed by atoms with E-state index in [-0.39, 0.29) is 17.9 Å². The number of hydrogen-bond donors (Lipinski definition) is 0. The number of benzene rings is 1. The van der Waals surface area contributed by atoms with E-state index < -0.39 is 0 Å². The van der Waals surface area contributed by atoms with Crippen molar-refractivity contribution in [3.63, 3.8) is 0 Å². The molecule has 35 heavy (non-hydrogen) atoms. The van der Waals surface area contributed by atoms with Crippen LogP contribution in [0.5, 0.6) is 0 Å². The number of pyridine rings is 1. The molecule has 180 valence electrons. The first-order chi connectivity index (χ1) is 17.1. The summed E-state index contributed by atoms with van der Waals surface area (Å²) in [7, 11) is 1.64. The van der Waals surface area contributed by atoms with Crippen LogP contribution in [0, 0.1) is 25.6 Å². The smallest absolute Gasteiger partial charge is 0.220 e. The molecule has 5 heterocycles. The monoisotopic (exact) mass is 474 g/mol. The van der Waals surface area contributed by atoms with Crippen molar-refractivity contribution < 1.29 is 18.4 Å². The van der Waals surface area contributed by atoms with Crippen LogP contribution in [0.4, 0.5) is 10.1 Å². The third-order valence-corrected chi connectivity index (χ3v) is 7.30. The van der Waals surface area contributed by atoms with E-state index in [1.165, 1.54) is 12.1 Å². The van der Waals surface area contributed by atoms with Crippen LogP contribution in [0.2, 0.25) is 0 Å². The van der Waals surface area contributed by atoms with Crippen molar-refractivity contribution in [3.8, 4) is 11.1 Å². The van der Waals surface area contributed by atoms with Crippen molar-refractivity contribution in [1.29, 1.82) is 0 Å². The number of aryl methyl sites for hydroxylation is 2. The minimum atomic E-state index is -0.242. The number of aliphatic imine (C=N–C) groups is 1. The van der Waals surface area contributed by atoms with Crippen LogP contribution in [0.15, 0.2) is 51.9 Å². The molecule has 0 aliphatic carbocycles. The maximum Gasteiger partial charge on any atom is 0.220 e. The Morgan fingerprint density at radius 2 is 1.91 bits per heavy atom. The van der Waals surface area contributed by atoms with Crippen LogP contribution in [-0.2, 0) is 9.47 Å². The summed E-state index contributed by atoms with van der Waals surface area (Å²) in [5.41, 5.74) is 6.62. The number of fused-ring (bicyclic) bond motifs is 3. The zero-order valence-corrected chi connectivity index (χ0v) is 20.0. The summed E-state index contributed by atoms with van der Waals surface area (Å²) in [5.74, 6) is 1.42. The fourth-order valence-corrected chi connectivity index (χ4v) is 5.74. The lowest BCUT2D eigenvalue weighted by Gasteiger charge is -2.40. The zero-order chi connectivity index (χ0) is 24.1. The molecule has 1 unspecified atom stereocenters. The van der Waals surface area contributed by atoms with Gasteiger partial charge in [-0.1, -0.05) is 17.3 Å². The van der Waals surface area contributed by atoms with E-state index in [4.69, 9.17) is 19.0 Å². The lowest BCUT2D eigenvalue weighted by molar-refractivity contribution is 0.0573. The fourth-order valence-electron chi connectivity index (χ4n) is 5.74. The van der Waals surface area contributed by atoms with Gasteiger partial charge in [0.25, 0.3) is 0 Å². The fraction of sp³-hybridized carbons (Fsp3) is 0.370. The molecule has 6 rings (SSSR count). The van der Waals surface area contributed by atoms with E-state index in [1.807, 2.05) is 38.4 Å². The Labute approximate surface area is 203 Å². The molecular weight excluding hydrogens is 447 g/mol. The Balaban J connectivity index is 1.55. The Bertz CT molecular complexity index is 1310. The summed E-state index contributed by atoms with van der Waals surface area (Å²) in [6, 6.07) is 8.90. The van der Waals surface area contributed by atoms with E-state index in [0.717, 1.165) is 57.9 Å².